The highest BCUT2D eigenvalue weighted by Gasteiger charge is 2.51. The number of carbonyl (C=O) groups excluding carboxylic acids is 9. The number of aliphatic carboxylic acids is 1. The van der Waals surface area contributed by atoms with E-state index in [1.165, 1.54) is 43.5 Å². The predicted octanol–water partition coefficient (Wildman–Crippen LogP) is 7.65. The number of amides is 5. The van der Waals surface area contributed by atoms with E-state index in [4.69, 9.17) is 23.2 Å². The van der Waals surface area contributed by atoms with E-state index in [-0.39, 0.29) is 82.9 Å². The zero-order valence-corrected chi connectivity index (χ0v) is 56.2. The monoisotopic (exact) mass is 1360 g/mol. The molecule has 2 saturated heterocycles. The summed E-state index contributed by atoms with van der Waals surface area (Å²) in [6, 6.07) is 24.4. The molecule has 0 saturated carbocycles. The number of nitrogens with zero attached hydrogens (tertiary/aromatic N) is 1. The lowest BCUT2D eigenvalue weighted by Crippen LogP contribution is -2.59. The number of esters is 4. The van der Waals surface area contributed by atoms with Gasteiger partial charge in [0.15, 0.2) is 0 Å². The molecule has 0 bridgehead atoms. The van der Waals surface area contributed by atoms with Gasteiger partial charge in [0.1, 0.15) is 23.6 Å². The number of carboxylic acids is 1. The molecule has 4 aromatic carbocycles. The Hall–Kier alpha value is -7.26. The number of nitrogens with one attached hydrogen (secondary N) is 5. The third-order valence-electron chi connectivity index (χ3n) is 13.2. The van der Waals surface area contributed by atoms with Crippen molar-refractivity contribution in [2.45, 2.75) is 128 Å². The largest absolute Gasteiger partial charge is 0.478 e. The molecule has 2 heterocycles. The first-order chi connectivity index (χ1) is 41.8. The summed E-state index contributed by atoms with van der Waals surface area (Å²) in [7, 11) is 7.36. The lowest BCUT2D eigenvalue weighted by atomic mass is 9.96. The van der Waals surface area contributed by atoms with Crippen LogP contribution in [0.3, 0.4) is 0 Å². The maximum atomic E-state index is 14.2. The van der Waals surface area contributed by atoms with Crippen LogP contribution >= 0.6 is 57.3 Å². The van der Waals surface area contributed by atoms with Crippen LogP contribution in [0.4, 0.5) is 0 Å². The molecule has 2 fully saturated rings. The number of hydrogen-bond donors (Lipinski definition) is 6. The zero-order chi connectivity index (χ0) is 66.8. The summed E-state index contributed by atoms with van der Waals surface area (Å²) in [5.74, 6) is -4.47. The second-order valence-electron chi connectivity index (χ2n) is 20.9. The fourth-order valence-corrected chi connectivity index (χ4v) is 11.2. The summed E-state index contributed by atoms with van der Waals surface area (Å²) in [5.41, 5.74) is 2.82. The highest BCUT2D eigenvalue weighted by atomic mass is 36.0. The predicted molar refractivity (Wildman–Crippen MR) is 351 cm³/mol. The molecule has 5 amide bonds. The van der Waals surface area contributed by atoms with Crippen molar-refractivity contribution in [2.24, 2.45) is 0 Å². The van der Waals surface area contributed by atoms with Crippen LogP contribution in [-0.2, 0) is 69.9 Å². The molecule has 0 radical (unpaired) electrons. The molecule has 6 atom stereocenters. The van der Waals surface area contributed by atoms with E-state index in [0.29, 0.717) is 17.7 Å². The number of hydrogen-bond acceptors (Lipinski definition) is 18. The van der Waals surface area contributed by atoms with Crippen LogP contribution in [0.25, 0.3) is 0 Å². The maximum Gasteiger partial charge on any atom is 0.347 e. The van der Waals surface area contributed by atoms with Crippen molar-refractivity contribution < 1.29 is 76.2 Å². The minimum Gasteiger partial charge on any atom is -0.478 e. The summed E-state index contributed by atoms with van der Waals surface area (Å²) in [5, 5.41) is 23.8. The number of ether oxygens (including phenoxy) is 4. The fraction of sp³-hybridized carbons (Fsp3) is 0.387. The molecule has 4 aromatic rings. The Labute approximate surface area is 550 Å². The summed E-state index contributed by atoms with van der Waals surface area (Å²) in [6.07, 6.45) is 0.491. The Kier molecular flexibility index (Phi) is 33.7. The van der Waals surface area contributed by atoms with E-state index in [2.05, 4.69) is 75.0 Å². The van der Waals surface area contributed by atoms with Gasteiger partial charge in [-0.1, -0.05) is 84.9 Å². The Morgan fingerprint density at radius 2 is 1.06 bits per heavy atom. The van der Waals surface area contributed by atoms with E-state index in [9.17, 15) is 53.1 Å². The number of thioether (sulfide) groups is 2. The van der Waals surface area contributed by atoms with Crippen LogP contribution in [0, 0.1) is 13.8 Å². The summed E-state index contributed by atoms with van der Waals surface area (Å²) in [6.45, 7) is 23.9. The van der Waals surface area contributed by atoms with Crippen LogP contribution in [0.15, 0.2) is 122 Å². The van der Waals surface area contributed by atoms with Crippen molar-refractivity contribution in [3.63, 3.8) is 0 Å². The third-order valence-corrected chi connectivity index (χ3v) is 15.9. The van der Waals surface area contributed by atoms with Gasteiger partial charge in [-0.3, -0.25) is 48.5 Å². The van der Waals surface area contributed by atoms with Gasteiger partial charge < -0.3 is 50.2 Å². The van der Waals surface area contributed by atoms with Gasteiger partial charge >= 0.3 is 29.8 Å². The third kappa shape index (κ3) is 25.6. The average molecular weight is 1360 g/mol. The van der Waals surface area contributed by atoms with Crippen molar-refractivity contribution in [2.75, 3.05) is 24.8 Å². The molecule has 90 heavy (non-hydrogen) atoms. The molecule has 0 aliphatic carbocycles. The number of carbonyl (C=O) groups is 10. The first-order valence-corrected chi connectivity index (χ1v) is 32.3. The molecule has 2 aliphatic rings. The normalized spacial score (nSPS) is 16.1. The number of benzene rings is 4. The first-order valence-electron chi connectivity index (χ1n) is 27.5. The zero-order valence-electron chi connectivity index (χ0n) is 51.4. The summed E-state index contributed by atoms with van der Waals surface area (Å²) in [4.78, 5) is 125. The van der Waals surface area contributed by atoms with E-state index < -0.39 is 91.9 Å². The van der Waals surface area contributed by atoms with Gasteiger partial charge in [-0.25, -0.2) is 9.00 Å². The second-order valence-corrected chi connectivity index (χ2v) is 26.6. The Morgan fingerprint density at radius 1 is 0.644 bits per heavy atom. The van der Waals surface area contributed by atoms with Gasteiger partial charge in [-0.2, -0.15) is 0 Å². The minimum absolute atomic E-state index is 0. The quantitative estimate of drug-likeness (QED) is 0.0190. The molecule has 490 valence electrons. The summed E-state index contributed by atoms with van der Waals surface area (Å²) >= 11 is 3.20. The lowest BCUT2D eigenvalue weighted by Gasteiger charge is -2.34. The van der Waals surface area contributed by atoms with Crippen LogP contribution in [0.1, 0.15) is 98.4 Å². The molecular formula is C62H77Cl3N6O16S3. The van der Waals surface area contributed by atoms with Crippen LogP contribution < -0.4 is 36.1 Å². The Morgan fingerprint density at radius 3 is 1.43 bits per heavy atom. The first kappa shape index (κ1) is 78.8. The average Bonchev–Trinajstić information content (AvgIpc) is 1.72. The fourth-order valence-electron chi connectivity index (χ4n) is 9.08. The molecular weight excluding hydrogens is 1290 g/mol. The smallest absolute Gasteiger partial charge is 0.347 e. The van der Waals surface area contributed by atoms with Gasteiger partial charge in [0.25, 0.3) is 17.7 Å². The highest BCUT2D eigenvalue weighted by molar-refractivity contribution is 8.26. The number of carboxylic acid groups (broad SMARTS) is 1. The molecule has 6 rings (SSSR count). The van der Waals surface area contributed by atoms with Crippen LogP contribution in [0.5, 0.6) is 11.5 Å². The van der Waals surface area contributed by atoms with Crippen molar-refractivity contribution in [3.8, 4) is 11.5 Å². The van der Waals surface area contributed by atoms with E-state index in [1.54, 1.807) is 92.4 Å². The van der Waals surface area contributed by atoms with Crippen LogP contribution in [0.2, 0.25) is 0 Å². The maximum absolute atomic E-state index is 14.2. The van der Waals surface area contributed by atoms with Crippen LogP contribution in [-0.4, -0.2) is 144 Å². The van der Waals surface area contributed by atoms with Crippen molar-refractivity contribution >= 4 is 126 Å². The molecule has 0 spiro atoms. The number of halogens is 3. The summed E-state index contributed by atoms with van der Waals surface area (Å²) < 4.78 is 29.3. The van der Waals surface area contributed by atoms with Crippen molar-refractivity contribution in [1.82, 2.24) is 31.5 Å². The molecule has 4 unspecified atom stereocenters. The van der Waals surface area contributed by atoms with Crippen molar-refractivity contribution in [3.05, 3.63) is 156 Å². The standard InChI is InChI=1S/C31H37N3O7S.C22H23NO7.C9H16N2OS.Cl2OS.ClH/c1-7-16-32-29(38)27-31(5,6)42-18-34(27)30(39)26(41-21(4)36)24(17-22-12-9-8-10-13-22)33-28(37)23-14-11-15-25(19(23)2)40-20(3)35;1-13-17(10-7-11-19(13)29-14(2)24)21(26)23-18(12-16-8-5-4-6-9-16)20(22(27)28)30-15(3)25;1-4-5-10-8(12)7-9(2,3)13-6-11-7;1-4(2)3;/h7-15,24,26-27H,1,16-18H2,2-6H3,(H,32,38)(H,33,37);4-11,18,20H,12H2,1-3H3,(H,23,26)(H,27,28);4,7,11H,1,5-6H2,2-3H3,(H,10,12);;1H/t24?,26-,27?;18?,20-;;;/m00.../s1. The molecule has 0 aromatic heterocycles. The molecule has 28 heteroatoms. The van der Waals surface area contributed by atoms with E-state index in [0.717, 1.165) is 23.9 Å². The minimum atomic E-state index is -1.67. The van der Waals surface area contributed by atoms with Gasteiger partial charge in [0.2, 0.25) is 33.2 Å². The van der Waals surface area contributed by atoms with Gasteiger partial charge in [-0.15, -0.1) is 49.1 Å². The lowest BCUT2D eigenvalue weighted by molar-refractivity contribution is -0.164. The number of rotatable bonds is 22. The highest BCUT2D eigenvalue weighted by Crippen LogP contribution is 2.40. The SMILES string of the molecule is C=CCNC(=O)C1N(C(=O)[C@@H](OC(C)=O)C(Cc2ccccc2)NC(=O)c2cccc(OC(C)=O)c2C)CSC1(C)C.C=CCNC(=O)C1NCSC1(C)C.CC(=O)Oc1cccc(C(=O)NC(Cc2ccccc2)[C@H](OC(C)=O)C(=O)O)c1C.Cl.O=S(Cl)Cl. The van der Waals surface area contributed by atoms with Gasteiger partial charge in [0.05, 0.1) is 18.0 Å². The van der Waals surface area contributed by atoms with E-state index >= 15 is 0 Å². The molecule has 22 nitrogen and oxygen atoms in total. The Balaban J connectivity index is 0.000000497. The van der Waals surface area contributed by atoms with Gasteiger partial charge in [0, 0.05) is 99.8 Å². The Bertz CT molecular complexity index is 3190. The topological polar surface area (TPSA) is 308 Å². The van der Waals surface area contributed by atoms with E-state index in [1.807, 2.05) is 50.2 Å². The molecule has 2 aliphatic heterocycles. The van der Waals surface area contributed by atoms with Gasteiger partial charge in [-0.05, 0) is 89.8 Å². The second kappa shape index (κ2) is 38.4. The molecule has 6 N–H and O–H groups in total. The van der Waals surface area contributed by atoms with Crippen molar-refractivity contribution in [1.29, 1.82) is 0 Å².